The van der Waals surface area contributed by atoms with Gasteiger partial charge in [0.1, 0.15) is 5.82 Å². The summed E-state index contributed by atoms with van der Waals surface area (Å²) in [5.74, 6) is -0.634. The minimum Gasteiger partial charge on any atom is -0.352 e. The number of nitrogens with one attached hydrogen (secondary N) is 2. The summed E-state index contributed by atoms with van der Waals surface area (Å²) in [7, 11) is 0. The van der Waals surface area contributed by atoms with Crippen LogP contribution in [0.5, 0.6) is 0 Å². The summed E-state index contributed by atoms with van der Waals surface area (Å²) >= 11 is 0. The van der Waals surface area contributed by atoms with Crippen LogP contribution in [-0.4, -0.2) is 11.8 Å². The molecule has 0 unspecified atom stereocenters. The smallest absolute Gasteiger partial charge is 0.255 e. The van der Waals surface area contributed by atoms with Gasteiger partial charge in [0.25, 0.3) is 5.91 Å². The molecule has 2 aromatic rings. The predicted molar refractivity (Wildman–Crippen MR) is 106 cm³/mol. The van der Waals surface area contributed by atoms with E-state index in [0.29, 0.717) is 24.2 Å². The van der Waals surface area contributed by atoms with E-state index < -0.39 is 0 Å². The van der Waals surface area contributed by atoms with Crippen molar-refractivity contribution in [1.82, 2.24) is 5.32 Å². The molecule has 5 heteroatoms. The summed E-state index contributed by atoms with van der Waals surface area (Å²) in [5, 5.41) is 5.70. The van der Waals surface area contributed by atoms with E-state index in [4.69, 9.17) is 0 Å². The van der Waals surface area contributed by atoms with Crippen LogP contribution in [0, 0.1) is 5.82 Å². The lowest BCUT2D eigenvalue weighted by Crippen LogP contribution is -2.22. The Hall–Kier alpha value is -2.69. The molecule has 27 heavy (non-hydrogen) atoms. The molecule has 0 aliphatic rings. The maximum absolute atomic E-state index is 12.9. The third kappa shape index (κ3) is 7.60. The first-order valence-corrected chi connectivity index (χ1v) is 9.51. The van der Waals surface area contributed by atoms with Gasteiger partial charge in [0.15, 0.2) is 0 Å². The summed E-state index contributed by atoms with van der Waals surface area (Å²) in [6.07, 6.45) is 6.15. The minimum absolute atomic E-state index is 0.0484. The van der Waals surface area contributed by atoms with Crippen LogP contribution in [0.3, 0.4) is 0 Å². The summed E-state index contributed by atoms with van der Waals surface area (Å²) in [6.45, 7) is 2.59. The highest BCUT2D eigenvalue weighted by atomic mass is 19.1. The fourth-order valence-electron chi connectivity index (χ4n) is 2.74. The summed E-state index contributed by atoms with van der Waals surface area (Å²) in [4.78, 5) is 24.1. The zero-order valence-corrected chi connectivity index (χ0v) is 15.8. The van der Waals surface area contributed by atoms with Crippen LogP contribution in [-0.2, 0) is 11.3 Å². The van der Waals surface area contributed by atoms with Gasteiger partial charge in [0.2, 0.25) is 5.91 Å². The second kappa shape index (κ2) is 11.1. The zero-order chi connectivity index (χ0) is 19.5. The van der Waals surface area contributed by atoms with Crippen LogP contribution in [0.4, 0.5) is 10.1 Å². The van der Waals surface area contributed by atoms with E-state index in [0.717, 1.165) is 18.4 Å². The minimum atomic E-state index is -0.380. The Labute approximate surface area is 160 Å². The van der Waals surface area contributed by atoms with Gasteiger partial charge in [-0.2, -0.15) is 0 Å². The van der Waals surface area contributed by atoms with Crippen molar-refractivity contribution in [2.75, 3.05) is 5.32 Å². The van der Waals surface area contributed by atoms with E-state index in [-0.39, 0.29) is 17.6 Å². The number of hydrogen-bond donors (Lipinski definition) is 2. The lowest BCUT2D eigenvalue weighted by molar-refractivity contribution is -0.121. The second-order valence-electron chi connectivity index (χ2n) is 6.60. The fraction of sp³-hybridized carbons (Fsp3) is 0.364. The Kier molecular flexibility index (Phi) is 8.49. The molecule has 0 aliphatic heterocycles. The molecule has 2 rings (SSSR count). The third-order valence-corrected chi connectivity index (χ3v) is 4.29. The average molecular weight is 370 g/mol. The number of benzene rings is 2. The van der Waals surface area contributed by atoms with Crippen LogP contribution < -0.4 is 10.6 Å². The highest BCUT2D eigenvalue weighted by Gasteiger charge is 2.07. The van der Waals surface area contributed by atoms with Crippen LogP contribution in [0.1, 0.15) is 61.4 Å². The molecule has 0 saturated carbocycles. The lowest BCUT2D eigenvalue weighted by Gasteiger charge is -2.09. The second-order valence-corrected chi connectivity index (χ2v) is 6.60. The van der Waals surface area contributed by atoms with Crippen molar-refractivity contribution < 1.29 is 14.0 Å². The van der Waals surface area contributed by atoms with Crippen LogP contribution >= 0.6 is 0 Å². The number of rotatable bonds is 10. The number of hydrogen-bond acceptors (Lipinski definition) is 2. The van der Waals surface area contributed by atoms with Gasteiger partial charge in [-0.05, 0) is 48.4 Å². The van der Waals surface area contributed by atoms with Gasteiger partial charge >= 0.3 is 0 Å². The molecular formula is C22H27FN2O2. The standard InChI is InChI=1S/C22H27FN2O2/c1-2-3-4-5-6-10-21(26)24-16-17-8-7-9-20(15-17)25-22(27)18-11-13-19(23)14-12-18/h7-9,11-15H,2-6,10,16H2,1H3,(H,24,26)(H,25,27). The van der Waals surface area contributed by atoms with Gasteiger partial charge in [-0.15, -0.1) is 0 Å². The first-order valence-electron chi connectivity index (χ1n) is 9.51. The Morgan fingerprint density at radius 1 is 0.963 bits per heavy atom. The largest absolute Gasteiger partial charge is 0.352 e. The van der Waals surface area contributed by atoms with Crippen molar-refractivity contribution in [2.24, 2.45) is 0 Å². The quantitative estimate of drug-likeness (QED) is 0.575. The summed E-state index contributed by atoms with van der Waals surface area (Å²) in [5.41, 5.74) is 1.93. The molecule has 0 fully saturated rings. The van der Waals surface area contributed by atoms with Gasteiger partial charge in [-0.3, -0.25) is 9.59 Å². The molecule has 0 saturated heterocycles. The molecule has 0 aromatic heterocycles. The number of carbonyl (C=O) groups is 2. The van der Waals surface area contributed by atoms with E-state index in [1.807, 2.05) is 18.2 Å². The highest BCUT2D eigenvalue weighted by molar-refractivity contribution is 6.04. The topological polar surface area (TPSA) is 58.2 Å². The normalized spacial score (nSPS) is 10.4. The van der Waals surface area contributed by atoms with Crippen molar-refractivity contribution in [2.45, 2.75) is 52.0 Å². The van der Waals surface area contributed by atoms with Gasteiger partial charge in [-0.25, -0.2) is 4.39 Å². The molecule has 0 atom stereocenters. The highest BCUT2D eigenvalue weighted by Crippen LogP contribution is 2.13. The lowest BCUT2D eigenvalue weighted by atomic mass is 10.1. The number of anilines is 1. The molecular weight excluding hydrogens is 343 g/mol. The van der Waals surface area contributed by atoms with Crippen LogP contribution in [0.15, 0.2) is 48.5 Å². The van der Waals surface area contributed by atoms with E-state index in [1.165, 1.54) is 43.5 Å². The van der Waals surface area contributed by atoms with E-state index in [2.05, 4.69) is 17.6 Å². The Morgan fingerprint density at radius 3 is 2.44 bits per heavy atom. The molecule has 0 radical (unpaired) electrons. The molecule has 0 aliphatic carbocycles. The van der Waals surface area contributed by atoms with Crippen molar-refractivity contribution in [3.05, 3.63) is 65.5 Å². The number of halogens is 1. The number of unbranched alkanes of at least 4 members (excludes halogenated alkanes) is 4. The SMILES string of the molecule is CCCCCCCC(=O)NCc1cccc(NC(=O)c2ccc(F)cc2)c1. The Balaban J connectivity index is 1.80. The molecule has 144 valence electrons. The number of carbonyl (C=O) groups excluding carboxylic acids is 2. The first kappa shape index (κ1) is 20.6. The Morgan fingerprint density at radius 2 is 1.70 bits per heavy atom. The monoisotopic (exact) mass is 370 g/mol. The molecule has 2 amide bonds. The molecule has 0 bridgehead atoms. The van der Waals surface area contributed by atoms with E-state index in [9.17, 15) is 14.0 Å². The fourth-order valence-corrected chi connectivity index (χ4v) is 2.74. The van der Waals surface area contributed by atoms with Crippen molar-refractivity contribution in [3.8, 4) is 0 Å². The van der Waals surface area contributed by atoms with Crippen LogP contribution in [0.2, 0.25) is 0 Å². The average Bonchev–Trinajstić information content (AvgIpc) is 2.67. The Bertz CT molecular complexity index is 744. The molecule has 0 heterocycles. The summed E-state index contributed by atoms with van der Waals surface area (Å²) in [6, 6.07) is 12.7. The van der Waals surface area contributed by atoms with Gasteiger partial charge in [0.05, 0.1) is 0 Å². The van der Waals surface area contributed by atoms with Crippen molar-refractivity contribution in [1.29, 1.82) is 0 Å². The maximum atomic E-state index is 12.9. The maximum Gasteiger partial charge on any atom is 0.255 e. The molecule has 4 nitrogen and oxygen atoms in total. The van der Waals surface area contributed by atoms with E-state index >= 15 is 0 Å². The number of amides is 2. The summed E-state index contributed by atoms with van der Waals surface area (Å²) < 4.78 is 12.9. The van der Waals surface area contributed by atoms with Gasteiger partial charge < -0.3 is 10.6 Å². The molecule has 2 N–H and O–H groups in total. The van der Waals surface area contributed by atoms with Crippen LogP contribution in [0.25, 0.3) is 0 Å². The first-order chi connectivity index (χ1) is 13.1. The van der Waals surface area contributed by atoms with Gasteiger partial charge in [0, 0.05) is 24.2 Å². The van der Waals surface area contributed by atoms with Crippen molar-refractivity contribution in [3.63, 3.8) is 0 Å². The molecule has 2 aromatic carbocycles. The zero-order valence-electron chi connectivity index (χ0n) is 15.8. The predicted octanol–water partition coefficient (Wildman–Crippen LogP) is 5.05. The molecule has 0 spiro atoms. The third-order valence-electron chi connectivity index (χ3n) is 4.29. The van der Waals surface area contributed by atoms with Crippen molar-refractivity contribution >= 4 is 17.5 Å². The van der Waals surface area contributed by atoms with E-state index in [1.54, 1.807) is 6.07 Å². The van der Waals surface area contributed by atoms with Gasteiger partial charge in [-0.1, -0.05) is 44.7 Å².